The van der Waals surface area contributed by atoms with Gasteiger partial charge in [0.2, 0.25) is 0 Å². The van der Waals surface area contributed by atoms with Crippen molar-refractivity contribution in [3.63, 3.8) is 0 Å². The van der Waals surface area contributed by atoms with E-state index < -0.39 is 73.9 Å². The predicted molar refractivity (Wildman–Crippen MR) is 81.0 cm³/mol. The van der Waals surface area contributed by atoms with E-state index >= 15 is 0 Å². The summed E-state index contributed by atoms with van der Waals surface area (Å²) < 4.78 is 5.35. The van der Waals surface area contributed by atoms with Gasteiger partial charge in [0.15, 0.2) is 6.10 Å². The second-order valence-electron chi connectivity index (χ2n) is 6.09. The zero-order chi connectivity index (χ0) is 19.3. The number of aliphatic hydroxyl groups excluding tert-OH is 8. The number of rotatable bonds is 8. The highest BCUT2D eigenvalue weighted by Crippen LogP contribution is 2.29. The van der Waals surface area contributed by atoms with Crippen molar-refractivity contribution in [1.82, 2.24) is 5.32 Å². The van der Waals surface area contributed by atoms with Gasteiger partial charge in [-0.25, -0.2) is 0 Å². The van der Waals surface area contributed by atoms with Crippen molar-refractivity contribution in [3.05, 3.63) is 0 Å². The van der Waals surface area contributed by atoms with Crippen molar-refractivity contribution < 1.29 is 50.4 Å². The highest BCUT2D eigenvalue weighted by molar-refractivity contribution is 5.80. The third-order valence-corrected chi connectivity index (χ3v) is 4.41. The summed E-state index contributed by atoms with van der Waals surface area (Å²) in [6.07, 6.45) is -13.4. The summed E-state index contributed by atoms with van der Waals surface area (Å²) >= 11 is 0. The van der Waals surface area contributed by atoms with Gasteiger partial charge in [0, 0.05) is 19.6 Å². The molecule has 1 aliphatic rings. The van der Waals surface area contributed by atoms with E-state index in [1.165, 1.54) is 7.05 Å². The molecule has 1 fully saturated rings. The van der Waals surface area contributed by atoms with Crippen LogP contribution in [0.15, 0.2) is 0 Å². The van der Waals surface area contributed by atoms with E-state index in [1.807, 2.05) is 0 Å². The van der Waals surface area contributed by atoms with E-state index in [1.54, 1.807) is 0 Å². The molecule has 0 bridgehead atoms. The first-order chi connectivity index (χ1) is 11.7. The lowest BCUT2D eigenvalue weighted by Crippen LogP contribution is -2.59. The lowest BCUT2D eigenvalue weighted by molar-refractivity contribution is -0.224. The van der Waals surface area contributed by atoms with Crippen molar-refractivity contribution in [3.8, 4) is 0 Å². The Balaban J connectivity index is 2.95. The minimum Gasteiger partial charge on any atom is -0.396 e. The van der Waals surface area contributed by atoms with Gasteiger partial charge in [0.05, 0.1) is 18.8 Å². The molecule has 0 radical (unpaired) electrons. The van der Waals surface area contributed by atoms with Gasteiger partial charge in [-0.3, -0.25) is 4.79 Å². The Morgan fingerprint density at radius 2 is 1.72 bits per heavy atom. The van der Waals surface area contributed by atoms with Gasteiger partial charge in [-0.1, -0.05) is 0 Å². The van der Waals surface area contributed by atoms with Crippen molar-refractivity contribution in [2.45, 2.75) is 55.3 Å². The average molecular weight is 369 g/mol. The Bertz CT molecular complexity index is 422. The van der Waals surface area contributed by atoms with Crippen molar-refractivity contribution >= 4 is 5.91 Å². The van der Waals surface area contributed by atoms with Gasteiger partial charge in [-0.15, -0.1) is 0 Å². The summed E-state index contributed by atoms with van der Waals surface area (Å²) in [7, 11) is 1.21. The topological polar surface area (TPSA) is 200 Å². The number of likely N-dealkylation sites (N-methyl/N-ethyl adjacent to an activating group) is 1. The van der Waals surface area contributed by atoms with E-state index in [0.717, 1.165) is 0 Å². The number of carbonyl (C=O) groups excluding carboxylic acids is 1. The fourth-order valence-electron chi connectivity index (χ4n) is 2.78. The molecular weight excluding hydrogens is 342 g/mol. The molecule has 9 atom stereocenters. The summed E-state index contributed by atoms with van der Waals surface area (Å²) in [5, 5.41) is 79.7. The molecule has 0 saturated heterocycles. The fourth-order valence-corrected chi connectivity index (χ4v) is 2.78. The lowest BCUT2D eigenvalue weighted by atomic mass is 9.81. The van der Waals surface area contributed by atoms with Crippen LogP contribution in [0.2, 0.25) is 0 Å². The average Bonchev–Trinajstić information content (AvgIpc) is 2.63. The van der Waals surface area contributed by atoms with Crippen LogP contribution in [0.25, 0.3) is 0 Å². The van der Waals surface area contributed by atoms with Gasteiger partial charge in [-0.05, 0) is 6.42 Å². The highest BCUT2D eigenvalue weighted by atomic mass is 16.5. The van der Waals surface area contributed by atoms with Crippen LogP contribution in [0.1, 0.15) is 6.42 Å². The van der Waals surface area contributed by atoms with Gasteiger partial charge in [-0.2, -0.15) is 0 Å². The maximum atomic E-state index is 11.4. The summed E-state index contributed by atoms with van der Waals surface area (Å²) in [4.78, 5) is 11.4. The van der Waals surface area contributed by atoms with Gasteiger partial charge in [0.25, 0.3) is 5.91 Å². The molecule has 9 N–H and O–H groups in total. The van der Waals surface area contributed by atoms with E-state index in [2.05, 4.69) is 5.32 Å². The fraction of sp³-hybridized carbons (Fsp3) is 0.929. The molecule has 1 amide bonds. The normalized spacial score (nSPS) is 34.8. The van der Waals surface area contributed by atoms with Crippen LogP contribution < -0.4 is 5.32 Å². The summed E-state index contributed by atoms with van der Waals surface area (Å²) in [6.45, 7) is -1.39. The largest absolute Gasteiger partial charge is 0.396 e. The molecule has 11 heteroatoms. The standard InChI is InChI=1S/C14H27NO10/c1-15-14(24)12(23)11(22)13(6(18)4-17)25-7-2-5(3-16)8(19)10(21)9(7)20/h5-13,16-23H,2-4H2,1H3,(H,15,24)/t5-,6-,7-,8+,9+,10+,11-,12-,13-/m0/s1. The second kappa shape index (κ2) is 9.71. The maximum Gasteiger partial charge on any atom is 0.251 e. The second-order valence-corrected chi connectivity index (χ2v) is 6.09. The number of carbonyl (C=O) groups is 1. The van der Waals surface area contributed by atoms with Gasteiger partial charge >= 0.3 is 0 Å². The predicted octanol–water partition coefficient (Wildman–Crippen LogP) is -5.34. The lowest BCUT2D eigenvalue weighted by Gasteiger charge is -2.42. The first kappa shape index (κ1) is 22.2. The number of amides is 1. The van der Waals surface area contributed by atoms with E-state index in [9.17, 15) is 40.5 Å². The van der Waals surface area contributed by atoms with Crippen LogP contribution in [-0.4, -0.2) is 116 Å². The molecule has 0 aromatic carbocycles. The number of hydrogen-bond acceptors (Lipinski definition) is 10. The van der Waals surface area contributed by atoms with Crippen LogP contribution in [0, 0.1) is 5.92 Å². The Hall–Kier alpha value is -0.890. The Morgan fingerprint density at radius 1 is 1.12 bits per heavy atom. The molecule has 1 aliphatic carbocycles. The summed E-state index contributed by atoms with van der Waals surface area (Å²) in [5.74, 6) is -1.80. The van der Waals surface area contributed by atoms with Gasteiger partial charge in [0.1, 0.15) is 30.5 Å². The van der Waals surface area contributed by atoms with Crippen LogP contribution in [0.3, 0.4) is 0 Å². The zero-order valence-electron chi connectivity index (χ0n) is 13.7. The molecule has 0 heterocycles. The quantitative estimate of drug-likeness (QED) is 0.199. The van der Waals surface area contributed by atoms with E-state index in [0.29, 0.717) is 0 Å². The van der Waals surface area contributed by atoms with Crippen molar-refractivity contribution in [2.75, 3.05) is 20.3 Å². The minimum absolute atomic E-state index is 0.132. The monoisotopic (exact) mass is 369 g/mol. The highest BCUT2D eigenvalue weighted by Gasteiger charge is 2.46. The Kier molecular flexibility index (Phi) is 8.60. The molecule has 0 aromatic heterocycles. The third-order valence-electron chi connectivity index (χ3n) is 4.41. The van der Waals surface area contributed by atoms with Crippen LogP contribution in [-0.2, 0) is 9.53 Å². The SMILES string of the molecule is CNC(=O)[C@@H](O)[C@H](O)[C@@H](O[C@H]1C[C@@H](CO)[C@@H](O)[C@@H](O)[C@@H]1O)[C@@H](O)CO. The molecular formula is C14H27NO10. The maximum absolute atomic E-state index is 11.4. The molecule has 148 valence electrons. The number of hydrogen-bond donors (Lipinski definition) is 9. The molecule has 1 saturated carbocycles. The Labute approximate surface area is 144 Å². The van der Waals surface area contributed by atoms with Crippen LogP contribution in [0.4, 0.5) is 0 Å². The minimum atomic E-state index is -1.99. The van der Waals surface area contributed by atoms with Crippen LogP contribution in [0.5, 0.6) is 0 Å². The van der Waals surface area contributed by atoms with Gasteiger partial charge < -0.3 is 50.9 Å². The van der Waals surface area contributed by atoms with Crippen LogP contribution >= 0.6 is 0 Å². The number of aliphatic hydroxyl groups is 8. The summed E-state index contributed by atoms with van der Waals surface area (Å²) in [6, 6.07) is 0. The Morgan fingerprint density at radius 3 is 2.20 bits per heavy atom. The number of nitrogens with one attached hydrogen (secondary N) is 1. The summed E-state index contributed by atoms with van der Waals surface area (Å²) in [5.41, 5.74) is 0. The van der Waals surface area contributed by atoms with Crippen molar-refractivity contribution in [1.29, 1.82) is 0 Å². The van der Waals surface area contributed by atoms with Crippen molar-refractivity contribution in [2.24, 2.45) is 5.92 Å². The molecule has 0 spiro atoms. The van der Waals surface area contributed by atoms with E-state index in [4.69, 9.17) is 9.84 Å². The molecule has 1 rings (SSSR count). The van der Waals surface area contributed by atoms with E-state index in [-0.39, 0.29) is 6.42 Å². The molecule has 0 aromatic rings. The smallest absolute Gasteiger partial charge is 0.251 e. The zero-order valence-corrected chi connectivity index (χ0v) is 13.7. The first-order valence-electron chi connectivity index (χ1n) is 7.86. The molecule has 0 unspecified atom stereocenters. The third kappa shape index (κ3) is 5.06. The first-order valence-corrected chi connectivity index (χ1v) is 7.86. The molecule has 25 heavy (non-hydrogen) atoms. The number of ether oxygens (including phenoxy) is 1. The molecule has 0 aliphatic heterocycles. The molecule has 11 nitrogen and oxygen atoms in total.